The van der Waals surface area contributed by atoms with Gasteiger partial charge in [-0.3, -0.25) is 9.78 Å². The Morgan fingerprint density at radius 2 is 1.71 bits per heavy atom. The fourth-order valence-electron chi connectivity index (χ4n) is 4.35. The van der Waals surface area contributed by atoms with Crippen molar-refractivity contribution in [3.8, 4) is 11.5 Å². The van der Waals surface area contributed by atoms with Gasteiger partial charge in [-0.1, -0.05) is 13.8 Å². The topological polar surface area (TPSA) is 79.8 Å². The summed E-state index contributed by atoms with van der Waals surface area (Å²) in [4.78, 5) is 26.3. The average molecular weight is 478 g/mol. The third kappa shape index (κ3) is 6.00. The predicted molar refractivity (Wildman–Crippen MR) is 139 cm³/mol. The number of rotatable bonds is 9. The number of methoxy groups -OCH3 is 2. The van der Waals surface area contributed by atoms with Crippen molar-refractivity contribution in [2.24, 2.45) is 0 Å². The molecule has 0 bridgehead atoms. The Kier molecular flexibility index (Phi) is 8.02. The maximum atomic E-state index is 13.0. The number of benzene rings is 2. The molecule has 35 heavy (non-hydrogen) atoms. The van der Waals surface area contributed by atoms with Crippen molar-refractivity contribution in [2.75, 3.05) is 45.3 Å². The Balaban J connectivity index is 1.70. The number of anilines is 2. The number of hydrogen-bond donors (Lipinski definition) is 1. The lowest BCUT2D eigenvalue weighted by molar-refractivity contribution is 0.0718. The third-order valence-electron chi connectivity index (χ3n) is 6.24. The van der Waals surface area contributed by atoms with Crippen molar-refractivity contribution in [3.63, 3.8) is 0 Å². The molecule has 1 saturated heterocycles. The maximum Gasteiger partial charge on any atom is 0.274 e. The molecule has 1 aromatic heterocycles. The monoisotopic (exact) mass is 477 g/mol. The van der Waals surface area contributed by atoms with Crippen LogP contribution in [0.4, 0.5) is 11.4 Å². The van der Waals surface area contributed by atoms with Gasteiger partial charge in [0.25, 0.3) is 5.91 Å². The molecule has 1 aliphatic heterocycles. The van der Waals surface area contributed by atoms with Gasteiger partial charge in [0, 0.05) is 61.8 Å². The first kappa shape index (κ1) is 24.7. The summed E-state index contributed by atoms with van der Waals surface area (Å²) in [5.41, 5.74) is 3.75. The zero-order chi connectivity index (χ0) is 24.8. The molecule has 0 unspecified atom stereocenters. The Morgan fingerprint density at radius 1 is 1.00 bits per heavy atom. The van der Waals surface area contributed by atoms with Crippen LogP contribution < -0.4 is 19.7 Å². The number of nitrogens with one attached hydrogen (secondary N) is 1. The lowest BCUT2D eigenvalue weighted by atomic mass is 10.1. The Labute approximate surface area is 207 Å². The first-order chi connectivity index (χ1) is 17.0. The van der Waals surface area contributed by atoms with Crippen LogP contribution in [0, 0.1) is 0 Å². The van der Waals surface area contributed by atoms with Crippen molar-refractivity contribution in [1.29, 1.82) is 0 Å². The van der Waals surface area contributed by atoms with Crippen LogP contribution >= 0.6 is 0 Å². The van der Waals surface area contributed by atoms with Gasteiger partial charge in [-0.05, 0) is 37.5 Å². The Morgan fingerprint density at radius 3 is 2.37 bits per heavy atom. The maximum absolute atomic E-state index is 13.0. The summed E-state index contributed by atoms with van der Waals surface area (Å²) in [6.45, 7) is 7.34. The zero-order valence-corrected chi connectivity index (χ0v) is 21.1. The highest BCUT2D eigenvalue weighted by atomic mass is 16.5. The Bertz CT molecular complexity index is 1140. The second-order valence-corrected chi connectivity index (χ2v) is 9.11. The van der Waals surface area contributed by atoms with Gasteiger partial charge in [0.1, 0.15) is 17.2 Å². The van der Waals surface area contributed by atoms with Crippen LogP contribution in [0.25, 0.3) is 11.0 Å². The van der Waals surface area contributed by atoms with Crippen LogP contribution in [0.3, 0.4) is 0 Å². The van der Waals surface area contributed by atoms with Gasteiger partial charge < -0.3 is 24.6 Å². The van der Waals surface area contributed by atoms with Crippen molar-refractivity contribution in [3.05, 3.63) is 48.3 Å². The van der Waals surface area contributed by atoms with Crippen LogP contribution in [0.1, 0.15) is 43.6 Å². The van der Waals surface area contributed by atoms with E-state index >= 15 is 0 Å². The van der Waals surface area contributed by atoms with Crippen molar-refractivity contribution >= 4 is 28.3 Å². The minimum atomic E-state index is -0.0416. The minimum Gasteiger partial charge on any atom is -0.497 e. The van der Waals surface area contributed by atoms with Gasteiger partial charge in [0.05, 0.1) is 31.4 Å². The number of carbonyl (C=O) groups excluding carboxylic acids is 1. The third-order valence-corrected chi connectivity index (χ3v) is 6.24. The number of hydrogen-bond acceptors (Lipinski definition) is 7. The molecule has 0 aliphatic carbocycles. The van der Waals surface area contributed by atoms with E-state index in [9.17, 15) is 4.79 Å². The molecule has 1 aliphatic rings. The number of ether oxygens (including phenoxy) is 2. The molecule has 186 valence electrons. The highest BCUT2D eigenvalue weighted by Crippen LogP contribution is 2.33. The summed E-state index contributed by atoms with van der Waals surface area (Å²) in [6, 6.07) is 12.2. The van der Waals surface area contributed by atoms with Gasteiger partial charge in [-0.15, -0.1) is 0 Å². The van der Waals surface area contributed by atoms with E-state index in [-0.39, 0.29) is 5.91 Å². The molecule has 8 heteroatoms. The summed E-state index contributed by atoms with van der Waals surface area (Å²) in [5, 5.41) is 3.49. The normalized spacial score (nSPS) is 13.8. The van der Waals surface area contributed by atoms with Crippen LogP contribution in [0.2, 0.25) is 0 Å². The van der Waals surface area contributed by atoms with E-state index in [1.54, 1.807) is 20.4 Å². The van der Waals surface area contributed by atoms with Crippen LogP contribution in [-0.4, -0.2) is 67.2 Å². The van der Waals surface area contributed by atoms with Gasteiger partial charge in [0.15, 0.2) is 0 Å². The molecule has 1 N–H and O–H groups in total. The van der Waals surface area contributed by atoms with E-state index < -0.39 is 0 Å². The molecular formula is C27H35N5O3. The number of aromatic nitrogens is 2. The lowest BCUT2D eigenvalue weighted by Crippen LogP contribution is -2.36. The smallest absolute Gasteiger partial charge is 0.274 e. The van der Waals surface area contributed by atoms with E-state index in [0.717, 1.165) is 67.4 Å². The van der Waals surface area contributed by atoms with Crippen molar-refractivity contribution in [2.45, 2.75) is 39.2 Å². The van der Waals surface area contributed by atoms with E-state index in [4.69, 9.17) is 14.5 Å². The van der Waals surface area contributed by atoms with E-state index in [2.05, 4.69) is 29.0 Å². The summed E-state index contributed by atoms with van der Waals surface area (Å²) in [5.74, 6) is 1.40. The quantitative estimate of drug-likeness (QED) is 0.489. The molecule has 2 heterocycles. The first-order valence-electron chi connectivity index (χ1n) is 12.3. The van der Waals surface area contributed by atoms with Crippen LogP contribution in [-0.2, 0) is 0 Å². The molecule has 1 amide bonds. The predicted octanol–water partition coefficient (Wildman–Crippen LogP) is 4.41. The summed E-state index contributed by atoms with van der Waals surface area (Å²) < 4.78 is 11.0. The van der Waals surface area contributed by atoms with Gasteiger partial charge in [-0.25, -0.2) is 4.98 Å². The van der Waals surface area contributed by atoms with E-state index in [1.807, 2.05) is 41.3 Å². The molecule has 0 atom stereocenters. The van der Waals surface area contributed by atoms with Crippen molar-refractivity contribution in [1.82, 2.24) is 20.2 Å². The summed E-state index contributed by atoms with van der Waals surface area (Å²) in [7, 11) is 3.30. The van der Waals surface area contributed by atoms with Crippen LogP contribution in [0.15, 0.2) is 42.6 Å². The lowest BCUT2D eigenvalue weighted by Gasteiger charge is -2.27. The second-order valence-electron chi connectivity index (χ2n) is 9.11. The highest BCUT2D eigenvalue weighted by molar-refractivity contribution is 5.94. The second kappa shape index (κ2) is 11.4. The number of piperidine rings is 1. The standard InChI is InChI=1S/C27H35N5O3/c1-19(2)28-10-13-32(21-14-22(34-3)17-23(15-21)35-4)20-8-9-24-25(16-20)30-26(18-29-24)27(33)31-11-6-5-7-12-31/h8-9,14-19,28H,5-7,10-13H2,1-4H3. The fraction of sp³-hybridized carbons (Fsp3) is 0.444. The summed E-state index contributed by atoms with van der Waals surface area (Å²) >= 11 is 0. The molecule has 0 saturated carbocycles. The molecular weight excluding hydrogens is 442 g/mol. The van der Waals surface area contributed by atoms with Crippen molar-refractivity contribution < 1.29 is 14.3 Å². The molecule has 2 aromatic carbocycles. The highest BCUT2D eigenvalue weighted by Gasteiger charge is 2.20. The molecule has 8 nitrogen and oxygen atoms in total. The fourth-order valence-corrected chi connectivity index (χ4v) is 4.35. The molecule has 1 fully saturated rings. The molecule has 0 spiro atoms. The number of carbonyl (C=O) groups is 1. The van der Waals surface area contributed by atoms with E-state index in [0.29, 0.717) is 17.3 Å². The number of nitrogens with zero attached hydrogens (tertiary/aromatic N) is 4. The van der Waals surface area contributed by atoms with Gasteiger partial charge in [-0.2, -0.15) is 0 Å². The molecule has 3 aromatic rings. The molecule has 4 rings (SSSR count). The van der Waals surface area contributed by atoms with Gasteiger partial charge in [0.2, 0.25) is 0 Å². The minimum absolute atomic E-state index is 0.0416. The number of amides is 1. The summed E-state index contributed by atoms with van der Waals surface area (Å²) in [6.07, 6.45) is 4.85. The number of likely N-dealkylation sites (tertiary alicyclic amines) is 1. The number of fused-ring (bicyclic) bond motifs is 1. The van der Waals surface area contributed by atoms with Gasteiger partial charge >= 0.3 is 0 Å². The zero-order valence-electron chi connectivity index (χ0n) is 21.1. The SMILES string of the molecule is COc1cc(OC)cc(N(CCNC(C)C)c2ccc3ncc(C(=O)N4CCCCC4)nc3c2)c1. The molecule has 0 radical (unpaired) electrons. The Hall–Kier alpha value is -3.39. The van der Waals surface area contributed by atoms with Crippen LogP contribution in [0.5, 0.6) is 11.5 Å². The largest absolute Gasteiger partial charge is 0.497 e. The van der Waals surface area contributed by atoms with E-state index in [1.165, 1.54) is 6.42 Å². The average Bonchev–Trinajstić information content (AvgIpc) is 2.90. The first-order valence-corrected chi connectivity index (χ1v) is 12.3.